The van der Waals surface area contributed by atoms with Crippen LogP contribution in [0.4, 0.5) is 0 Å². The van der Waals surface area contributed by atoms with Crippen molar-refractivity contribution in [2.24, 2.45) is 0 Å². The number of thiazole rings is 1. The molecule has 0 amide bonds. The van der Waals surface area contributed by atoms with Crippen LogP contribution >= 0.6 is 11.3 Å². The van der Waals surface area contributed by atoms with Gasteiger partial charge in [0.2, 0.25) is 0 Å². The number of nitrogens with zero attached hydrogens (tertiary/aromatic N) is 3. The second kappa shape index (κ2) is 5.88. The molecule has 0 aliphatic rings. The highest BCUT2D eigenvalue weighted by atomic mass is 32.1. The molecule has 0 spiro atoms. The Hall–Kier alpha value is -2.21. The van der Waals surface area contributed by atoms with Crippen LogP contribution in [0.5, 0.6) is 11.5 Å². The van der Waals surface area contributed by atoms with E-state index in [1.165, 1.54) is 0 Å². The maximum absolute atomic E-state index is 5.52. The number of ether oxygens (including phenoxy) is 2. The molecule has 6 heteroatoms. The topological polar surface area (TPSA) is 57.1 Å². The zero-order valence-corrected chi connectivity index (χ0v) is 13.7. The molecule has 22 heavy (non-hydrogen) atoms. The van der Waals surface area contributed by atoms with Gasteiger partial charge in [0.1, 0.15) is 10.7 Å². The summed E-state index contributed by atoms with van der Waals surface area (Å²) < 4.78 is 10.9. The first-order valence-corrected chi connectivity index (χ1v) is 7.78. The number of rotatable bonds is 4. The van der Waals surface area contributed by atoms with Crippen LogP contribution in [0.15, 0.2) is 17.5 Å². The average molecular weight is 314 g/mol. The molecule has 0 fully saturated rings. The van der Waals surface area contributed by atoms with Gasteiger partial charge in [-0.3, -0.25) is 0 Å². The zero-order chi connectivity index (χ0) is 15.7. The van der Waals surface area contributed by atoms with Crippen LogP contribution in [-0.4, -0.2) is 29.2 Å². The van der Waals surface area contributed by atoms with Crippen LogP contribution in [-0.2, 0) is 0 Å². The fourth-order valence-corrected chi connectivity index (χ4v) is 3.21. The van der Waals surface area contributed by atoms with Crippen LogP contribution in [0.25, 0.3) is 21.6 Å². The maximum atomic E-state index is 5.52. The molecule has 0 unspecified atom stereocenters. The molecular weight excluding hydrogens is 298 g/mol. The van der Waals surface area contributed by atoms with Crippen LogP contribution in [0.1, 0.15) is 25.5 Å². The monoisotopic (exact) mass is 314 g/mol. The van der Waals surface area contributed by atoms with E-state index < -0.39 is 0 Å². The molecule has 113 valence electrons. The summed E-state index contributed by atoms with van der Waals surface area (Å²) in [5.41, 5.74) is 2.52. The van der Waals surface area contributed by atoms with Crippen LogP contribution in [0.2, 0.25) is 0 Å². The maximum Gasteiger partial charge on any atom is 0.199 e. The standard InChI is InChI=1S/C16H16N3O2S/c1-9(2)11-7-22-16(19-11)14-13-10(17-8-18-14)5-6-12(20-3)15(13)21-4/h5-7,9H,1-4H3. The first kappa shape index (κ1) is 14.7. The minimum Gasteiger partial charge on any atom is -0.493 e. The Morgan fingerprint density at radius 3 is 2.59 bits per heavy atom. The molecular formula is C16H16N3O2S. The van der Waals surface area contributed by atoms with Gasteiger partial charge in [-0.25, -0.2) is 15.0 Å². The van der Waals surface area contributed by atoms with E-state index in [4.69, 9.17) is 9.47 Å². The third-order valence-electron chi connectivity index (χ3n) is 3.41. The Morgan fingerprint density at radius 2 is 1.95 bits per heavy atom. The van der Waals surface area contributed by atoms with Crippen LogP contribution in [0, 0.1) is 6.33 Å². The van der Waals surface area contributed by atoms with Crippen LogP contribution < -0.4 is 9.47 Å². The van der Waals surface area contributed by atoms with Crippen molar-refractivity contribution >= 4 is 22.2 Å². The zero-order valence-electron chi connectivity index (χ0n) is 12.9. The molecule has 0 bridgehead atoms. The molecule has 0 aliphatic heterocycles. The molecule has 0 N–H and O–H groups in total. The van der Waals surface area contributed by atoms with E-state index in [2.05, 4.69) is 40.5 Å². The highest BCUT2D eigenvalue weighted by Gasteiger charge is 2.18. The van der Waals surface area contributed by atoms with E-state index in [1.54, 1.807) is 25.6 Å². The quantitative estimate of drug-likeness (QED) is 0.735. The first-order chi connectivity index (χ1) is 10.7. The van der Waals surface area contributed by atoms with Gasteiger partial charge in [0.05, 0.1) is 30.8 Å². The molecule has 0 saturated heterocycles. The molecule has 1 aromatic carbocycles. The molecule has 3 aromatic rings. The van der Waals surface area contributed by atoms with E-state index in [9.17, 15) is 0 Å². The highest BCUT2D eigenvalue weighted by Crippen LogP contribution is 2.40. The van der Waals surface area contributed by atoms with Gasteiger partial charge in [-0.2, -0.15) is 0 Å². The number of aromatic nitrogens is 3. The predicted octanol–water partition coefficient (Wildman–Crippen LogP) is 3.69. The van der Waals surface area contributed by atoms with Crippen molar-refractivity contribution in [3.8, 4) is 22.2 Å². The van der Waals surface area contributed by atoms with Crippen molar-refractivity contribution in [1.29, 1.82) is 0 Å². The molecule has 1 radical (unpaired) electrons. The summed E-state index contributed by atoms with van der Waals surface area (Å²) in [5, 5.41) is 3.68. The Kier molecular flexibility index (Phi) is 3.94. The Bertz CT molecular complexity index is 814. The van der Waals surface area contributed by atoms with Gasteiger partial charge in [-0.15, -0.1) is 11.3 Å². The van der Waals surface area contributed by atoms with Gasteiger partial charge >= 0.3 is 0 Å². The van der Waals surface area contributed by atoms with Gasteiger partial charge in [0.25, 0.3) is 0 Å². The van der Waals surface area contributed by atoms with E-state index >= 15 is 0 Å². The molecule has 3 rings (SSSR count). The smallest absolute Gasteiger partial charge is 0.199 e. The summed E-state index contributed by atoms with van der Waals surface area (Å²) in [5.74, 6) is 1.63. The third kappa shape index (κ3) is 2.39. The highest BCUT2D eigenvalue weighted by molar-refractivity contribution is 7.13. The summed E-state index contributed by atoms with van der Waals surface area (Å²) in [7, 11) is 3.22. The lowest BCUT2D eigenvalue weighted by atomic mass is 10.1. The second-order valence-corrected chi connectivity index (χ2v) is 5.96. The van der Waals surface area contributed by atoms with Crippen LogP contribution in [0.3, 0.4) is 0 Å². The summed E-state index contributed by atoms with van der Waals surface area (Å²) >= 11 is 1.56. The van der Waals surface area contributed by atoms with Crippen molar-refractivity contribution in [2.45, 2.75) is 19.8 Å². The Balaban J connectivity index is 2.28. The second-order valence-electron chi connectivity index (χ2n) is 5.10. The third-order valence-corrected chi connectivity index (χ3v) is 4.28. The molecule has 2 aromatic heterocycles. The van der Waals surface area contributed by atoms with Crippen molar-refractivity contribution in [1.82, 2.24) is 15.0 Å². The van der Waals surface area contributed by atoms with Gasteiger partial charge in [-0.1, -0.05) is 13.8 Å². The van der Waals surface area contributed by atoms with Crippen molar-refractivity contribution in [3.05, 3.63) is 29.5 Å². The summed E-state index contributed by atoms with van der Waals surface area (Å²) in [6, 6.07) is 3.70. The molecule has 2 heterocycles. The molecule has 0 saturated carbocycles. The molecule has 0 atom stereocenters. The van der Waals surface area contributed by atoms with Gasteiger partial charge in [0, 0.05) is 5.38 Å². The number of methoxy groups -OCH3 is 2. The number of fused-ring (bicyclic) bond motifs is 1. The normalized spacial score (nSPS) is 11.1. The van der Waals surface area contributed by atoms with E-state index in [0.29, 0.717) is 17.4 Å². The molecule has 0 aliphatic carbocycles. The average Bonchev–Trinajstić information content (AvgIpc) is 3.03. The predicted molar refractivity (Wildman–Crippen MR) is 86.7 cm³/mol. The summed E-state index contributed by atoms with van der Waals surface area (Å²) in [6.45, 7) is 4.24. The SMILES string of the molecule is COc1ccc2n[c]nc(-c3nc(C(C)C)cs3)c2c1OC. The Labute approximate surface area is 133 Å². The first-order valence-electron chi connectivity index (χ1n) is 6.90. The van der Waals surface area contributed by atoms with E-state index in [0.717, 1.165) is 27.3 Å². The van der Waals surface area contributed by atoms with Crippen molar-refractivity contribution in [3.63, 3.8) is 0 Å². The van der Waals surface area contributed by atoms with Crippen molar-refractivity contribution < 1.29 is 9.47 Å². The fraction of sp³-hybridized carbons (Fsp3) is 0.312. The number of hydrogen-bond acceptors (Lipinski definition) is 6. The fourth-order valence-electron chi connectivity index (χ4n) is 2.24. The van der Waals surface area contributed by atoms with Gasteiger partial charge in [-0.05, 0) is 18.1 Å². The minimum atomic E-state index is 0.374. The number of benzene rings is 1. The summed E-state index contributed by atoms with van der Waals surface area (Å²) in [6.07, 6.45) is 2.70. The lowest BCUT2D eigenvalue weighted by molar-refractivity contribution is 0.358. The number of hydrogen-bond donors (Lipinski definition) is 0. The summed E-state index contributed by atoms with van der Waals surface area (Å²) in [4.78, 5) is 13.2. The largest absolute Gasteiger partial charge is 0.493 e. The van der Waals surface area contributed by atoms with E-state index in [-0.39, 0.29) is 0 Å². The lowest BCUT2D eigenvalue weighted by Crippen LogP contribution is -1.96. The van der Waals surface area contributed by atoms with Crippen molar-refractivity contribution in [2.75, 3.05) is 14.2 Å². The van der Waals surface area contributed by atoms with Gasteiger partial charge < -0.3 is 9.47 Å². The lowest BCUT2D eigenvalue weighted by Gasteiger charge is -2.11. The molecule has 5 nitrogen and oxygen atoms in total. The Morgan fingerprint density at radius 1 is 1.14 bits per heavy atom. The van der Waals surface area contributed by atoms with E-state index in [1.807, 2.05) is 12.1 Å². The minimum absolute atomic E-state index is 0.374. The van der Waals surface area contributed by atoms with Gasteiger partial charge in [0.15, 0.2) is 17.8 Å².